The van der Waals surface area contributed by atoms with Crippen LogP contribution < -0.4 is 10.2 Å². The zero-order chi connectivity index (χ0) is 16.3. The SMILES string of the molecule is C=CCOc1nn(-c2cccc(C(F)(F)F)c2)c(C)cc1=O. The minimum Gasteiger partial charge on any atom is -0.470 e. The van der Waals surface area contributed by atoms with Crippen LogP contribution in [0.25, 0.3) is 5.69 Å². The smallest absolute Gasteiger partial charge is 0.416 e. The minimum absolute atomic E-state index is 0.0773. The standard InChI is InChI=1S/C15H13F3N2O2/c1-3-7-22-14-13(21)8-10(2)20(19-14)12-6-4-5-11(9-12)15(16,17)18/h3-6,8-9H,1,7H2,2H3. The van der Waals surface area contributed by atoms with Crippen LogP contribution in [0, 0.1) is 6.92 Å². The number of alkyl halides is 3. The van der Waals surface area contributed by atoms with Gasteiger partial charge in [-0.25, -0.2) is 4.68 Å². The van der Waals surface area contributed by atoms with E-state index in [1.54, 1.807) is 6.92 Å². The summed E-state index contributed by atoms with van der Waals surface area (Å²) in [6.45, 7) is 5.11. The van der Waals surface area contributed by atoms with Crippen LogP contribution in [0.5, 0.6) is 5.88 Å². The quantitative estimate of drug-likeness (QED) is 0.815. The molecule has 4 nitrogen and oxygen atoms in total. The summed E-state index contributed by atoms with van der Waals surface area (Å²) < 4.78 is 44.7. The van der Waals surface area contributed by atoms with Gasteiger partial charge in [-0.05, 0) is 25.1 Å². The summed E-state index contributed by atoms with van der Waals surface area (Å²) in [5.41, 5.74) is -0.646. The molecule has 0 saturated heterocycles. The van der Waals surface area contributed by atoms with Crippen molar-refractivity contribution < 1.29 is 17.9 Å². The predicted octanol–water partition coefficient (Wildman–Crippen LogP) is 3.12. The summed E-state index contributed by atoms with van der Waals surface area (Å²) in [6.07, 6.45) is -3.01. The van der Waals surface area contributed by atoms with Gasteiger partial charge in [0.1, 0.15) is 6.61 Å². The molecule has 0 spiro atoms. The summed E-state index contributed by atoms with van der Waals surface area (Å²) in [5, 5.41) is 3.97. The Labute approximate surface area is 124 Å². The summed E-state index contributed by atoms with van der Waals surface area (Å²) in [4.78, 5) is 11.7. The van der Waals surface area contributed by atoms with Crippen molar-refractivity contribution >= 4 is 0 Å². The van der Waals surface area contributed by atoms with E-state index in [0.29, 0.717) is 5.69 Å². The normalized spacial score (nSPS) is 11.3. The Morgan fingerprint density at radius 1 is 1.36 bits per heavy atom. The Balaban J connectivity index is 2.52. The Morgan fingerprint density at radius 3 is 2.73 bits per heavy atom. The van der Waals surface area contributed by atoms with Gasteiger partial charge >= 0.3 is 6.18 Å². The molecule has 2 aromatic rings. The maximum Gasteiger partial charge on any atom is 0.416 e. The van der Waals surface area contributed by atoms with Crippen LogP contribution in [-0.2, 0) is 6.18 Å². The number of aryl methyl sites for hydroxylation is 1. The number of halogens is 3. The molecule has 0 amide bonds. The van der Waals surface area contributed by atoms with E-state index in [9.17, 15) is 18.0 Å². The highest BCUT2D eigenvalue weighted by atomic mass is 19.4. The fourth-order valence-corrected chi connectivity index (χ4v) is 1.84. The molecule has 0 unspecified atom stereocenters. The van der Waals surface area contributed by atoms with E-state index in [0.717, 1.165) is 12.1 Å². The molecule has 0 radical (unpaired) electrons. The summed E-state index contributed by atoms with van der Waals surface area (Å²) >= 11 is 0. The number of ether oxygens (including phenoxy) is 1. The van der Waals surface area contributed by atoms with Crippen molar-refractivity contribution in [3.8, 4) is 11.6 Å². The van der Waals surface area contributed by atoms with E-state index in [4.69, 9.17) is 4.74 Å². The molecule has 0 aliphatic carbocycles. The fraction of sp³-hybridized carbons (Fsp3) is 0.200. The first-order chi connectivity index (χ1) is 10.3. The van der Waals surface area contributed by atoms with Gasteiger partial charge in [0, 0.05) is 11.8 Å². The molecule has 1 aromatic carbocycles. The van der Waals surface area contributed by atoms with Crippen molar-refractivity contribution in [2.24, 2.45) is 0 Å². The molecule has 0 saturated carbocycles. The van der Waals surface area contributed by atoms with E-state index < -0.39 is 17.2 Å². The largest absolute Gasteiger partial charge is 0.470 e. The zero-order valence-corrected chi connectivity index (χ0v) is 11.7. The minimum atomic E-state index is -4.45. The third-order valence-electron chi connectivity index (χ3n) is 2.83. The molecular weight excluding hydrogens is 297 g/mol. The number of hydrogen-bond acceptors (Lipinski definition) is 3. The molecule has 0 N–H and O–H groups in total. The monoisotopic (exact) mass is 310 g/mol. The number of hydrogen-bond donors (Lipinski definition) is 0. The maximum absolute atomic E-state index is 12.8. The maximum atomic E-state index is 12.8. The van der Waals surface area contributed by atoms with Gasteiger partial charge in [-0.2, -0.15) is 13.2 Å². The van der Waals surface area contributed by atoms with Gasteiger partial charge in [-0.1, -0.05) is 18.7 Å². The molecule has 2 rings (SSSR count). The van der Waals surface area contributed by atoms with E-state index >= 15 is 0 Å². The zero-order valence-electron chi connectivity index (χ0n) is 11.7. The molecule has 1 aromatic heterocycles. The second-order valence-electron chi connectivity index (χ2n) is 4.51. The van der Waals surface area contributed by atoms with Crippen LogP contribution in [0.2, 0.25) is 0 Å². The first-order valence-corrected chi connectivity index (χ1v) is 6.35. The van der Waals surface area contributed by atoms with E-state index in [1.807, 2.05) is 0 Å². The highest BCUT2D eigenvalue weighted by Crippen LogP contribution is 2.30. The fourth-order valence-electron chi connectivity index (χ4n) is 1.84. The molecule has 0 fully saturated rings. The summed E-state index contributed by atoms with van der Waals surface area (Å²) in [5.74, 6) is -0.192. The van der Waals surface area contributed by atoms with E-state index in [1.165, 1.54) is 29.0 Å². The van der Waals surface area contributed by atoms with Crippen molar-refractivity contribution in [2.75, 3.05) is 6.61 Å². The van der Waals surface area contributed by atoms with Crippen molar-refractivity contribution in [3.63, 3.8) is 0 Å². The van der Waals surface area contributed by atoms with Crippen LogP contribution >= 0.6 is 0 Å². The number of nitrogens with zero attached hydrogens (tertiary/aromatic N) is 2. The Bertz CT molecular complexity index is 751. The highest BCUT2D eigenvalue weighted by Gasteiger charge is 2.30. The Morgan fingerprint density at radius 2 is 2.09 bits per heavy atom. The van der Waals surface area contributed by atoms with Gasteiger partial charge in [-0.15, -0.1) is 5.10 Å². The predicted molar refractivity (Wildman–Crippen MR) is 75.3 cm³/mol. The molecule has 0 aliphatic heterocycles. The molecule has 116 valence electrons. The van der Waals surface area contributed by atoms with Crippen LogP contribution in [0.15, 0.2) is 47.8 Å². The van der Waals surface area contributed by atoms with Gasteiger partial charge in [0.2, 0.25) is 5.43 Å². The molecular formula is C15H13F3N2O2. The van der Waals surface area contributed by atoms with Gasteiger partial charge in [0.25, 0.3) is 5.88 Å². The highest BCUT2D eigenvalue weighted by molar-refractivity contribution is 5.38. The van der Waals surface area contributed by atoms with Gasteiger partial charge in [0.15, 0.2) is 0 Å². The van der Waals surface area contributed by atoms with Crippen molar-refractivity contribution in [1.29, 1.82) is 0 Å². The lowest BCUT2D eigenvalue weighted by Crippen LogP contribution is -2.17. The van der Waals surface area contributed by atoms with Crippen LogP contribution in [0.1, 0.15) is 11.3 Å². The number of rotatable bonds is 4. The molecule has 7 heteroatoms. The second kappa shape index (κ2) is 6.05. The Hall–Kier alpha value is -2.57. The lowest BCUT2D eigenvalue weighted by Gasteiger charge is -2.13. The summed E-state index contributed by atoms with van der Waals surface area (Å²) in [6, 6.07) is 5.93. The topological polar surface area (TPSA) is 44.1 Å². The van der Waals surface area contributed by atoms with Crippen molar-refractivity contribution in [2.45, 2.75) is 13.1 Å². The molecule has 22 heavy (non-hydrogen) atoms. The lowest BCUT2D eigenvalue weighted by molar-refractivity contribution is -0.137. The first kappa shape index (κ1) is 15.8. The second-order valence-corrected chi connectivity index (χ2v) is 4.51. The van der Waals surface area contributed by atoms with Crippen LogP contribution in [-0.4, -0.2) is 16.4 Å². The molecule has 1 heterocycles. The third-order valence-corrected chi connectivity index (χ3v) is 2.83. The van der Waals surface area contributed by atoms with Gasteiger partial charge in [0.05, 0.1) is 11.3 Å². The van der Waals surface area contributed by atoms with E-state index in [2.05, 4.69) is 11.7 Å². The Kier molecular flexibility index (Phi) is 4.35. The van der Waals surface area contributed by atoms with Crippen molar-refractivity contribution in [1.82, 2.24) is 9.78 Å². The average Bonchev–Trinajstić information content (AvgIpc) is 2.45. The first-order valence-electron chi connectivity index (χ1n) is 6.35. The van der Waals surface area contributed by atoms with Crippen molar-refractivity contribution in [3.05, 3.63) is 64.5 Å². The molecule has 0 aliphatic rings. The average molecular weight is 310 g/mol. The van der Waals surface area contributed by atoms with Crippen LogP contribution in [0.4, 0.5) is 13.2 Å². The van der Waals surface area contributed by atoms with Gasteiger partial charge in [-0.3, -0.25) is 4.79 Å². The van der Waals surface area contributed by atoms with Crippen LogP contribution in [0.3, 0.4) is 0 Å². The van der Waals surface area contributed by atoms with Gasteiger partial charge < -0.3 is 4.74 Å². The number of benzene rings is 1. The lowest BCUT2D eigenvalue weighted by atomic mass is 10.2. The number of aromatic nitrogens is 2. The molecule has 0 atom stereocenters. The third kappa shape index (κ3) is 3.36. The summed E-state index contributed by atoms with van der Waals surface area (Å²) in [7, 11) is 0. The molecule has 0 bridgehead atoms. The van der Waals surface area contributed by atoms with E-state index in [-0.39, 0.29) is 18.2 Å².